The molecule has 41 heavy (non-hydrogen) atoms. The van der Waals surface area contributed by atoms with Crippen LogP contribution in [0.2, 0.25) is 0 Å². The van der Waals surface area contributed by atoms with Gasteiger partial charge < -0.3 is 18.6 Å². The van der Waals surface area contributed by atoms with E-state index in [1.54, 1.807) is 68.5 Å². The fourth-order valence-corrected chi connectivity index (χ4v) is 5.71. The zero-order chi connectivity index (χ0) is 29.3. The Hall–Kier alpha value is -4.97. The Bertz CT molecular complexity index is 1880. The molecule has 0 unspecified atom stereocenters. The van der Waals surface area contributed by atoms with Crippen LogP contribution in [0.5, 0.6) is 11.5 Å². The van der Waals surface area contributed by atoms with Crippen LogP contribution in [0.25, 0.3) is 17.4 Å². The third kappa shape index (κ3) is 5.05. The second-order valence-corrected chi connectivity index (χ2v) is 9.90. The van der Waals surface area contributed by atoms with Crippen molar-refractivity contribution in [2.24, 2.45) is 4.99 Å². The van der Waals surface area contributed by atoms with E-state index in [-0.39, 0.29) is 28.2 Å². The monoisotopic (exact) mass is 575 g/mol. The molecule has 0 amide bonds. The topological polar surface area (TPSA) is 135 Å². The highest BCUT2D eigenvalue weighted by atomic mass is 32.1. The van der Waals surface area contributed by atoms with Crippen LogP contribution in [-0.4, -0.2) is 36.3 Å². The number of methoxy groups -OCH3 is 2. The summed E-state index contributed by atoms with van der Waals surface area (Å²) in [7, 11) is 3.02. The summed E-state index contributed by atoms with van der Waals surface area (Å²) in [5.74, 6) is 0.968. The lowest BCUT2D eigenvalue weighted by Gasteiger charge is -2.26. The van der Waals surface area contributed by atoms with Gasteiger partial charge in [-0.3, -0.25) is 19.5 Å². The van der Waals surface area contributed by atoms with E-state index < -0.39 is 22.5 Å². The molecule has 2 aromatic carbocycles. The number of hydrogen-bond acceptors (Lipinski definition) is 10. The SMILES string of the molecule is CCOC(=O)C1=C(C)N=c2s/c(=C/c3ccc(-c4ccccc4[N+](=O)[O-])o3)c(=O)n2[C@@H]1c1cc(OC)ccc1OC. The quantitative estimate of drug-likeness (QED) is 0.175. The largest absolute Gasteiger partial charge is 0.497 e. The molecule has 0 N–H and O–H groups in total. The van der Waals surface area contributed by atoms with E-state index in [9.17, 15) is 19.7 Å². The van der Waals surface area contributed by atoms with E-state index in [1.807, 2.05) is 0 Å². The van der Waals surface area contributed by atoms with Crippen molar-refractivity contribution in [2.45, 2.75) is 19.9 Å². The van der Waals surface area contributed by atoms with Gasteiger partial charge in [-0.25, -0.2) is 9.79 Å². The molecule has 1 atom stereocenters. The van der Waals surface area contributed by atoms with Gasteiger partial charge in [-0.1, -0.05) is 23.5 Å². The highest BCUT2D eigenvalue weighted by Gasteiger charge is 2.35. The van der Waals surface area contributed by atoms with Gasteiger partial charge in [0.2, 0.25) is 0 Å². The Morgan fingerprint density at radius 3 is 2.66 bits per heavy atom. The molecule has 4 aromatic rings. The number of furan rings is 1. The van der Waals surface area contributed by atoms with E-state index >= 15 is 0 Å². The molecule has 210 valence electrons. The number of nitrogens with zero attached hydrogens (tertiary/aromatic N) is 3. The number of allylic oxidation sites excluding steroid dienone is 1. The van der Waals surface area contributed by atoms with E-state index in [2.05, 4.69) is 4.99 Å². The molecule has 0 aliphatic carbocycles. The number of esters is 1. The van der Waals surface area contributed by atoms with Gasteiger partial charge >= 0.3 is 5.97 Å². The minimum absolute atomic E-state index is 0.0954. The summed E-state index contributed by atoms with van der Waals surface area (Å²) in [6, 6.07) is 13.7. The maximum absolute atomic E-state index is 13.9. The number of para-hydroxylation sites is 1. The minimum atomic E-state index is -0.906. The second-order valence-electron chi connectivity index (χ2n) is 8.89. The van der Waals surface area contributed by atoms with Crippen LogP contribution in [0.1, 0.15) is 31.2 Å². The molecule has 11 nitrogen and oxygen atoms in total. The number of fused-ring (bicyclic) bond motifs is 1. The van der Waals surface area contributed by atoms with Gasteiger partial charge in [0.1, 0.15) is 29.1 Å². The van der Waals surface area contributed by atoms with E-state index in [0.717, 1.165) is 11.3 Å². The summed E-state index contributed by atoms with van der Waals surface area (Å²) < 4.78 is 24.0. The maximum atomic E-state index is 13.9. The summed E-state index contributed by atoms with van der Waals surface area (Å²) >= 11 is 1.12. The van der Waals surface area contributed by atoms with E-state index in [4.69, 9.17) is 18.6 Å². The molecule has 1 aliphatic heterocycles. The summed E-state index contributed by atoms with van der Waals surface area (Å²) in [6.07, 6.45) is 1.55. The van der Waals surface area contributed by atoms with Gasteiger partial charge in [0.15, 0.2) is 4.80 Å². The summed E-state index contributed by atoms with van der Waals surface area (Å²) in [4.78, 5) is 43.0. The summed E-state index contributed by atoms with van der Waals surface area (Å²) in [6.45, 7) is 3.53. The number of hydrogen-bond donors (Lipinski definition) is 0. The van der Waals surface area contributed by atoms with Crippen molar-refractivity contribution in [3.05, 3.63) is 107 Å². The molecule has 5 rings (SSSR count). The van der Waals surface area contributed by atoms with Gasteiger partial charge in [0, 0.05) is 17.7 Å². The third-order valence-electron chi connectivity index (χ3n) is 6.51. The van der Waals surface area contributed by atoms with Crippen LogP contribution in [-0.2, 0) is 9.53 Å². The van der Waals surface area contributed by atoms with Gasteiger partial charge in [-0.2, -0.15) is 0 Å². The second kappa shape index (κ2) is 11.3. The van der Waals surface area contributed by atoms with Crippen LogP contribution in [0.15, 0.2) is 80.1 Å². The number of carbonyl (C=O) groups excluding carboxylic acids is 1. The zero-order valence-corrected chi connectivity index (χ0v) is 23.4. The lowest BCUT2D eigenvalue weighted by molar-refractivity contribution is -0.384. The number of ether oxygens (including phenoxy) is 3. The highest BCUT2D eigenvalue weighted by molar-refractivity contribution is 7.07. The minimum Gasteiger partial charge on any atom is -0.497 e. The Kier molecular flexibility index (Phi) is 7.58. The van der Waals surface area contributed by atoms with Crippen LogP contribution in [0, 0.1) is 10.1 Å². The maximum Gasteiger partial charge on any atom is 0.338 e. The first kappa shape index (κ1) is 27.6. The van der Waals surface area contributed by atoms with Crippen molar-refractivity contribution in [1.82, 2.24) is 4.57 Å². The molecule has 3 heterocycles. The molecule has 0 saturated carbocycles. The average molecular weight is 576 g/mol. The van der Waals surface area contributed by atoms with Crippen molar-refractivity contribution in [2.75, 3.05) is 20.8 Å². The molecule has 0 spiro atoms. The highest BCUT2D eigenvalue weighted by Crippen LogP contribution is 2.38. The van der Waals surface area contributed by atoms with Gasteiger partial charge in [0.25, 0.3) is 11.2 Å². The average Bonchev–Trinajstić information content (AvgIpc) is 3.56. The van der Waals surface area contributed by atoms with Gasteiger partial charge in [0.05, 0.1) is 47.1 Å². The molecular formula is C29H25N3O8S. The lowest BCUT2D eigenvalue weighted by atomic mass is 9.95. The first-order valence-electron chi connectivity index (χ1n) is 12.5. The number of nitro benzene ring substituents is 1. The molecular weight excluding hydrogens is 550 g/mol. The lowest BCUT2D eigenvalue weighted by Crippen LogP contribution is -2.40. The number of benzene rings is 2. The smallest absolute Gasteiger partial charge is 0.338 e. The van der Waals surface area contributed by atoms with Gasteiger partial charge in [-0.15, -0.1) is 0 Å². The Labute approximate surface area is 237 Å². The number of thiazole rings is 1. The molecule has 2 aromatic heterocycles. The van der Waals surface area contributed by atoms with Crippen molar-refractivity contribution >= 4 is 29.1 Å². The zero-order valence-electron chi connectivity index (χ0n) is 22.6. The van der Waals surface area contributed by atoms with Crippen molar-refractivity contribution in [1.29, 1.82) is 0 Å². The van der Waals surface area contributed by atoms with Crippen LogP contribution < -0.4 is 24.4 Å². The van der Waals surface area contributed by atoms with E-state index in [0.29, 0.717) is 38.9 Å². The number of carbonyl (C=O) groups is 1. The molecule has 0 radical (unpaired) electrons. The van der Waals surface area contributed by atoms with Crippen molar-refractivity contribution in [3.8, 4) is 22.8 Å². The molecule has 0 saturated heterocycles. The third-order valence-corrected chi connectivity index (χ3v) is 7.50. The fraction of sp³-hybridized carbons (Fsp3) is 0.207. The predicted octanol–water partition coefficient (Wildman–Crippen LogP) is 3.98. The van der Waals surface area contributed by atoms with Crippen LogP contribution in [0.4, 0.5) is 5.69 Å². The Morgan fingerprint density at radius 1 is 1.17 bits per heavy atom. The fourth-order valence-electron chi connectivity index (χ4n) is 4.68. The van der Waals surface area contributed by atoms with Crippen LogP contribution in [0.3, 0.4) is 0 Å². The molecule has 12 heteroatoms. The Morgan fingerprint density at radius 2 is 1.95 bits per heavy atom. The normalized spacial score (nSPS) is 14.8. The Balaban J connectivity index is 1.69. The number of aromatic nitrogens is 1. The number of rotatable bonds is 8. The van der Waals surface area contributed by atoms with Crippen molar-refractivity contribution < 1.29 is 28.3 Å². The first-order valence-corrected chi connectivity index (χ1v) is 13.3. The molecule has 1 aliphatic rings. The standard InChI is InChI=1S/C29H25N3O8S/c1-5-39-28(34)25-16(2)30-29-31(26(25)20-14-17(37-3)10-12-22(20)38-4)27(33)24(41-29)15-18-11-13-23(40-18)19-8-6-7-9-21(19)32(35)36/h6-15,26H,5H2,1-4H3/b24-15+/t26-/m1/s1. The number of nitro groups is 1. The van der Waals surface area contributed by atoms with Crippen LogP contribution >= 0.6 is 11.3 Å². The van der Waals surface area contributed by atoms with Crippen molar-refractivity contribution in [3.63, 3.8) is 0 Å². The molecule has 0 bridgehead atoms. The summed E-state index contributed by atoms with van der Waals surface area (Å²) in [5, 5.41) is 11.5. The van der Waals surface area contributed by atoms with Gasteiger partial charge in [-0.05, 0) is 50.2 Å². The molecule has 0 fully saturated rings. The summed E-state index contributed by atoms with van der Waals surface area (Å²) in [5.41, 5.74) is 0.937. The van der Waals surface area contributed by atoms with E-state index in [1.165, 1.54) is 24.9 Å². The predicted molar refractivity (Wildman–Crippen MR) is 151 cm³/mol. The first-order chi connectivity index (χ1) is 19.8.